The highest BCUT2D eigenvalue weighted by Crippen LogP contribution is 2.30. The second kappa shape index (κ2) is 10.4. The minimum Gasteiger partial charge on any atom is -0.494 e. The highest BCUT2D eigenvalue weighted by atomic mass is 16.6. The van der Waals surface area contributed by atoms with Gasteiger partial charge < -0.3 is 24.3 Å². The molecule has 1 unspecified atom stereocenters. The van der Waals surface area contributed by atoms with E-state index in [-0.39, 0.29) is 19.3 Å². The van der Waals surface area contributed by atoms with E-state index in [1.807, 2.05) is 24.3 Å². The van der Waals surface area contributed by atoms with E-state index in [4.69, 9.17) is 18.9 Å². The molecule has 3 rings (SSSR count). The fraction of sp³-hybridized carbons (Fsp3) is 0.364. The van der Waals surface area contributed by atoms with E-state index in [2.05, 4.69) is 12.2 Å². The molecule has 1 amide bonds. The third kappa shape index (κ3) is 6.14. The Morgan fingerprint density at radius 1 is 1.10 bits per heavy atom. The van der Waals surface area contributed by atoms with Crippen LogP contribution in [0.1, 0.15) is 30.1 Å². The molecule has 0 saturated heterocycles. The highest BCUT2D eigenvalue weighted by molar-refractivity contribution is 5.91. The van der Waals surface area contributed by atoms with Crippen LogP contribution in [0.25, 0.3) is 0 Å². The summed E-state index contributed by atoms with van der Waals surface area (Å²) >= 11 is 0. The van der Waals surface area contributed by atoms with Crippen molar-refractivity contribution in [2.45, 2.75) is 25.9 Å². The van der Waals surface area contributed by atoms with Gasteiger partial charge in [0, 0.05) is 0 Å². The van der Waals surface area contributed by atoms with Gasteiger partial charge in [-0.15, -0.1) is 0 Å². The van der Waals surface area contributed by atoms with Crippen molar-refractivity contribution in [2.75, 3.05) is 26.4 Å². The number of carbonyl (C=O) groups excluding carboxylic acids is 2. The number of benzene rings is 2. The Balaban J connectivity index is 1.37. The second-order valence-corrected chi connectivity index (χ2v) is 6.60. The number of ether oxygens (including phenoxy) is 4. The van der Waals surface area contributed by atoms with Crippen molar-refractivity contribution >= 4 is 11.9 Å². The van der Waals surface area contributed by atoms with Gasteiger partial charge >= 0.3 is 5.97 Å². The van der Waals surface area contributed by atoms with Crippen LogP contribution in [0.5, 0.6) is 17.2 Å². The van der Waals surface area contributed by atoms with Crippen molar-refractivity contribution in [1.29, 1.82) is 0 Å². The van der Waals surface area contributed by atoms with E-state index in [0.29, 0.717) is 36.0 Å². The summed E-state index contributed by atoms with van der Waals surface area (Å²) in [5.74, 6) is 1.06. The molecule has 0 aliphatic carbocycles. The van der Waals surface area contributed by atoms with E-state index < -0.39 is 11.9 Å². The topological polar surface area (TPSA) is 83.1 Å². The lowest BCUT2D eigenvalue weighted by Gasteiger charge is -2.26. The smallest absolute Gasteiger partial charge is 0.338 e. The number of rotatable bonds is 9. The van der Waals surface area contributed by atoms with Gasteiger partial charge in [-0.3, -0.25) is 4.79 Å². The Bertz CT molecular complexity index is 820. The molecule has 1 aliphatic heterocycles. The predicted octanol–water partition coefficient (Wildman–Crippen LogP) is 2.98. The maximum atomic E-state index is 12.1. The molecule has 0 aromatic heterocycles. The first kappa shape index (κ1) is 20.5. The number of esters is 1. The monoisotopic (exact) mass is 399 g/mol. The van der Waals surface area contributed by atoms with Gasteiger partial charge in [0.05, 0.1) is 18.7 Å². The molecule has 0 saturated carbocycles. The zero-order valence-corrected chi connectivity index (χ0v) is 16.4. The van der Waals surface area contributed by atoms with Crippen molar-refractivity contribution in [1.82, 2.24) is 5.32 Å². The molecule has 29 heavy (non-hydrogen) atoms. The molecular formula is C22H25NO6. The van der Waals surface area contributed by atoms with E-state index >= 15 is 0 Å². The molecule has 0 spiro atoms. The third-order valence-corrected chi connectivity index (χ3v) is 4.29. The Morgan fingerprint density at radius 3 is 2.62 bits per heavy atom. The van der Waals surface area contributed by atoms with Crippen LogP contribution in [0.2, 0.25) is 0 Å². The number of amides is 1. The van der Waals surface area contributed by atoms with E-state index in [0.717, 1.165) is 12.8 Å². The molecule has 0 bridgehead atoms. The molecule has 7 heteroatoms. The number of nitrogens with one attached hydrogen (secondary N) is 1. The maximum Gasteiger partial charge on any atom is 0.338 e. The standard InChI is InChI=1S/C22H25NO6/c1-2-3-12-26-17-10-8-16(9-11-17)22(25)28-15-21(24)23-13-18-14-27-19-6-4-5-7-20(19)29-18/h4-11,18H,2-3,12-15H2,1H3,(H,23,24). The first-order chi connectivity index (χ1) is 14.2. The van der Waals surface area contributed by atoms with Crippen LogP contribution < -0.4 is 19.5 Å². The van der Waals surface area contributed by atoms with Crippen molar-refractivity contribution in [2.24, 2.45) is 0 Å². The van der Waals surface area contributed by atoms with Gasteiger partial charge in [-0.25, -0.2) is 4.79 Å². The van der Waals surface area contributed by atoms with Gasteiger partial charge in [0.1, 0.15) is 18.5 Å². The number of para-hydroxylation sites is 2. The van der Waals surface area contributed by atoms with E-state index in [1.54, 1.807) is 24.3 Å². The molecule has 0 fully saturated rings. The van der Waals surface area contributed by atoms with Crippen LogP contribution in [0.3, 0.4) is 0 Å². The number of unbranched alkanes of at least 4 members (excludes halogenated alkanes) is 1. The van der Waals surface area contributed by atoms with E-state index in [1.165, 1.54) is 0 Å². The third-order valence-electron chi connectivity index (χ3n) is 4.29. The lowest BCUT2D eigenvalue weighted by atomic mass is 10.2. The normalized spacial score (nSPS) is 14.7. The molecule has 0 radical (unpaired) electrons. The minimum absolute atomic E-state index is 0.258. The van der Waals surface area contributed by atoms with Gasteiger partial charge in [0.2, 0.25) is 0 Å². The average Bonchev–Trinajstić information content (AvgIpc) is 2.76. The Kier molecular flexibility index (Phi) is 7.33. The van der Waals surface area contributed by atoms with Crippen LogP contribution in [-0.2, 0) is 9.53 Å². The molecule has 2 aromatic rings. The number of hydrogen-bond acceptors (Lipinski definition) is 6. The summed E-state index contributed by atoms with van der Waals surface area (Å²) in [7, 11) is 0. The quantitative estimate of drug-likeness (QED) is 0.516. The molecule has 154 valence electrons. The van der Waals surface area contributed by atoms with Crippen molar-refractivity contribution in [3.63, 3.8) is 0 Å². The predicted molar refractivity (Wildman–Crippen MR) is 106 cm³/mol. The zero-order valence-electron chi connectivity index (χ0n) is 16.4. The van der Waals surface area contributed by atoms with Crippen molar-refractivity contribution in [3.05, 3.63) is 54.1 Å². The second-order valence-electron chi connectivity index (χ2n) is 6.60. The molecule has 1 N–H and O–H groups in total. The molecule has 2 aromatic carbocycles. The first-order valence-electron chi connectivity index (χ1n) is 9.71. The van der Waals surface area contributed by atoms with Gasteiger partial charge in [0.25, 0.3) is 5.91 Å². The Hall–Kier alpha value is -3.22. The van der Waals surface area contributed by atoms with Crippen LogP contribution in [-0.4, -0.2) is 44.3 Å². The number of carbonyl (C=O) groups is 2. The fourth-order valence-corrected chi connectivity index (χ4v) is 2.68. The lowest BCUT2D eigenvalue weighted by molar-refractivity contribution is -0.124. The molecule has 7 nitrogen and oxygen atoms in total. The summed E-state index contributed by atoms with van der Waals surface area (Å²) in [4.78, 5) is 24.0. The lowest BCUT2D eigenvalue weighted by Crippen LogP contribution is -2.42. The summed E-state index contributed by atoms with van der Waals surface area (Å²) in [5.41, 5.74) is 0.362. The Morgan fingerprint density at radius 2 is 1.86 bits per heavy atom. The van der Waals surface area contributed by atoms with Crippen LogP contribution in [0, 0.1) is 0 Å². The Labute approximate surface area is 169 Å². The summed E-state index contributed by atoms with van der Waals surface area (Å²) in [5, 5.41) is 2.69. The number of hydrogen-bond donors (Lipinski definition) is 1. The zero-order chi connectivity index (χ0) is 20.5. The SMILES string of the molecule is CCCCOc1ccc(C(=O)OCC(=O)NCC2COc3ccccc3O2)cc1. The molecule has 1 heterocycles. The van der Waals surface area contributed by atoms with Gasteiger partial charge in [-0.05, 0) is 42.8 Å². The fourth-order valence-electron chi connectivity index (χ4n) is 2.68. The molecule has 1 aliphatic rings. The van der Waals surface area contributed by atoms with Gasteiger partial charge in [-0.1, -0.05) is 25.5 Å². The summed E-state index contributed by atoms with van der Waals surface area (Å²) < 4.78 is 22.0. The van der Waals surface area contributed by atoms with Crippen LogP contribution >= 0.6 is 0 Å². The van der Waals surface area contributed by atoms with E-state index in [9.17, 15) is 9.59 Å². The summed E-state index contributed by atoms with van der Waals surface area (Å²) in [6.45, 7) is 2.96. The summed E-state index contributed by atoms with van der Waals surface area (Å²) in [6.07, 6.45) is 1.73. The van der Waals surface area contributed by atoms with Crippen molar-refractivity contribution < 1.29 is 28.5 Å². The van der Waals surface area contributed by atoms with Gasteiger partial charge in [-0.2, -0.15) is 0 Å². The van der Waals surface area contributed by atoms with Crippen molar-refractivity contribution in [3.8, 4) is 17.2 Å². The average molecular weight is 399 g/mol. The maximum absolute atomic E-state index is 12.1. The molecule has 1 atom stereocenters. The minimum atomic E-state index is -0.563. The first-order valence-corrected chi connectivity index (χ1v) is 9.71. The summed E-state index contributed by atoms with van der Waals surface area (Å²) in [6, 6.07) is 14.0. The molecular weight excluding hydrogens is 374 g/mol. The highest BCUT2D eigenvalue weighted by Gasteiger charge is 2.21. The largest absolute Gasteiger partial charge is 0.494 e. The number of fused-ring (bicyclic) bond motifs is 1. The van der Waals surface area contributed by atoms with Gasteiger partial charge in [0.15, 0.2) is 18.1 Å². The van der Waals surface area contributed by atoms with Crippen LogP contribution in [0.4, 0.5) is 0 Å². The van der Waals surface area contributed by atoms with Crippen LogP contribution in [0.15, 0.2) is 48.5 Å².